The molecule has 0 radical (unpaired) electrons. The molecule has 1 heterocycles. The summed E-state index contributed by atoms with van der Waals surface area (Å²) in [4.78, 5) is 0. The molecular formula is C7H12BFN2O2. The minimum atomic E-state index is -1.53. The van der Waals surface area contributed by atoms with E-state index in [1.165, 1.54) is 4.68 Å². The van der Waals surface area contributed by atoms with Crippen molar-refractivity contribution in [3.63, 3.8) is 0 Å². The third-order valence-corrected chi connectivity index (χ3v) is 1.99. The highest BCUT2D eigenvalue weighted by Gasteiger charge is 2.21. The molecule has 1 rings (SSSR count). The molecule has 0 bridgehead atoms. The third-order valence-electron chi connectivity index (χ3n) is 1.99. The second kappa shape index (κ2) is 3.89. The quantitative estimate of drug-likeness (QED) is 0.604. The lowest BCUT2D eigenvalue weighted by atomic mass is 9.78. The Morgan fingerprint density at radius 3 is 2.46 bits per heavy atom. The molecule has 0 aliphatic rings. The fraction of sp³-hybridized carbons (Fsp3) is 0.571. The van der Waals surface area contributed by atoms with Crippen molar-refractivity contribution in [2.75, 3.05) is 6.67 Å². The van der Waals surface area contributed by atoms with Gasteiger partial charge in [-0.3, -0.25) is 4.68 Å². The van der Waals surface area contributed by atoms with Crippen molar-refractivity contribution in [1.82, 2.24) is 9.78 Å². The fourth-order valence-corrected chi connectivity index (χ4v) is 1.38. The van der Waals surface area contributed by atoms with Crippen LogP contribution in [0.1, 0.15) is 11.4 Å². The highest BCUT2D eigenvalue weighted by Crippen LogP contribution is 2.00. The maximum absolute atomic E-state index is 12.0. The first-order chi connectivity index (χ1) is 6.07. The molecule has 4 nitrogen and oxygen atoms in total. The van der Waals surface area contributed by atoms with Gasteiger partial charge < -0.3 is 10.0 Å². The topological polar surface area (TPSA) is 58.3 Å². The predicted octanol–water partition coefficient (Wildman–Crippen LogP) is -0.851. The normalized spacial score (nSPS) is 10.5. The van der Waals surface area contributed by atoms with Crippen molar-refractivity contribution < 1.29 is 14.4 Å². The van der Waals surface area contributed by atoms with Crippen molar-refractivity contribution in [2.24, 2.45) is 0 Å². The van der Waals surface area contributed by atoms with Gasteiger partial charge in [-0.2, -0.15) is 5.10 Å². The molecule has 1 aromatic heterocycles. The first-order valence-electron chi connectivity index (χ1n) is 4.04. The lowest BCUT2D eigenvalue weighted by molar-refractivity contribution is 0.419. The van der Waals surface area contributed by atoms with Crippen LogP contribution in [0.5, 0.6) is 0 Å². The highest BCUT2D eigenvalue weighted by molar-refractivity contribution is 6.59. The van der Waals surface area contributed by atoms with Crippen molar-refractivity contribution in [3.8, 4) is 0 Å². The van der Waals surface area contributed by atoms with Crippen LogP contribution in [0.3, 0.4) is 0 Å². The molecule has 0 atom stereocenters. The molecule has 0 saturated carbocycles. The fourth-order valence-electron chi connectivity index (χ4n) is 1.38. The molecule has 0 aromatic carbocycles. The Bertz CT molecular complexity index is 301. The van der Waals surface area contributed by atoms with Gasteiger partial charge in [-0.25, -0.2) is 4.39 Å². The van der Waals surface area contributed by atoms with Gasteiger partial charge in [0.25, 0.3) is 0 Å². The zero-order chi connectivity index (χ0) is 10.0. The number of hydrogen-bond donors (Lipinski definition) is 2. The van der Waals surface area contributed by atoms with Crippen LogP contribution in [-0.2, 0) is 6.54 Å². The van der Waals surface area contributed by atoms with Crippen LogP contribution in [0.25, 0.3) is 0 Å². The summed E-state index contributed by atoms with van der Waals surface area (Å²) in [6.07, 6.45) is 0. The van der Waals surface area contributed by atoms with Gasteiger partial charge in [0.2, 0.25) is 0 Å². The average molecular weight is 186 g/mol. The van der Waals surface area contributed by atoms with E-state index in [9.17, 15) is 4.39 Å². The molecular weight excluding hydrogens is 174 g/mol. The van der Waals surface area contributed by atoms with E-state index in [2.05, 4.69) is 5.10 Å². The van der Waals surface area contributed by atoms with Crippen molar-refractivity contribution in [2.45, 2.75) is 20.4 Å². The van der Waals surface area contributed by atoms with Crippen LogP contribution >= 0.6 is 0 Å². The summed E-state index contributed by atoms with van der Waals surface area (Å²) >= 11 is 0. The van der Waals surface area contributed by atoms with Crippen LogP contribution in [0.2, 0.25) is 0 Å². The van der Waals surface area contributed by atoms with Crippen LogP contribution in [-0.4, -0.2) is 33.6 Å². The highest BCUT2D eigenvalue weighted by atomic mass is 19.1. The van der Waals surface area contributed by atoms with Gasteiger partial charge in [-0.15, -0.1) is 0 Å². The average Bonchev–Trinajstić information content (AvgIpc) is 2.28. The summed E-state index contributed by atoms with van der Waals surface area (Å²) in [7, 11) is -1.53. The van der Waals surface area contributed by atoms with Gasteiger partial charge in [0.15, 0.2) is 0 Å². The molecule has 0 fully saturated rings. The van der Waals surface area contributed by atoms with Crippen LogP contribution < -0.4 is 5.46 Å². The van der Waals surface area contributed by atoms with Crippen molar-refractivity contribution >= 4 is 12.6 Å². The second-order valence-corrected chi connectivity index (χ2v) is 2.87. The molecule has 0 amide bonds. The summed E-state index contributed by atoms with van der Waals surface area (Å²) in [5.41, 5.74) is 1.50. The van der Waals surface area contributed by atoms with E-state index < -0.39 is 13.8 Å². The first-order valence-corrected chi connectivity index (χ1v) is 4.04. The summed E-state index contributed by atoms with van der Waals surface area (Å²) < 4.78 is 13.4. The Balaban J connectivity index is 3.07. The van der Waals surface area contributed by atoms with E-state index in [1.807, 2.05) is 0 Å². The maximum Gasteiger partial charge on any atom is 0.492 e. The van der Waals surface area contributed by atoms with E-state index >= 15 is 0 Å². The number of hydrogen-bond acceptors (Lipinski definition) is 3. The number of aryl methyl sites for hydroxylation is 2. The molecule has 13 heavy (non-hydrogen) atoms. The lowest BCUT2D eigenvalue weighted by Gasteiger charge is -2.01. The van der Waals surface area contributed by atoms with Crippen LogP contribution in [0, 0.1) is 13.8 Å². The summed E-state index contributed by atoms with van der Waals surface area (Å²) in [5.74, 6) is 0. The smallest absolute Gasteiger partial charge is 0.423 e. The molecule has 0 aliphatic carbocycles. The van der Waals surface area contributed by atoms with E-state index in [0.717, 1.165) is 0 Å². The van der Waals surface area contributed by atoms with Gasteiger partial charge in [0.05, 0.1) is 12.2 Å². The summed E-state index contributed by atoms with van der Waals surface area (Å²) in [6, 6.07) is 0. The van der Waals surface area contributed by atoms with Gasteiger partial charge in [-0.1, -0.05) is 0 Å². The molecule has 2 N–H and O–H groups in total. The van der Waals surface area contributed by atoms with Crippen LogP contribution in [0.4, 0.5) is 4.39 Å². The number of rotatable bonds is 3. The van der Waals surface area contributed by atoms with Crippen molar-refractivity contribution in [3.05, 3.63) is 11.4 Å². The first kappa shape index (κ1) is 10.2. The zero-order valence-electron chi connectivity index (χ0n) is 7.66. The predicted molar refractivity (Wildman–Crippen MR) is 47.5 cm³/mol. The largest absolute Gasteiger partial charge is 0.492 e. The molecule has 0 unspecified atom stereocenters. The Kier molecular flexibility index (Phi) is 3.05. The van der Waals surface area contributed by atoms with Crippen LogP contribution in [0.15, 0.2) is 0 Å². The van der Waals surface area contributed by atoms with Gasteiger partial charge in [0.1, 0.15) is 6.67 Å². The zero-order valence-corrected chi connectivity index (χ0v) is 7.66. The Morgan fingerprint density at radius 2 is 2.08 bits per heavy atom. The molecule has 1 aromatic rings. The second-order valence-electron chi connectivity index (χ2n) is 2.87. The Morgan fingerprint density at radius 1 is 1.46 bits per heavy atom. The molecule has 72 valence electrons. The SMILES string of the molecule is Cc1nn(CCF)c(C)c1B(O)O. The maximum atomic E-state index is 12.0. The van der Waals surface area contributed by atoms with E-state index in [4.69, 9.17) is 10.0 Å². The van der Waals surface area contributed by atoms with Gasteiger partial charge in [0, 0.05) is 11.2 Å². The molecule has 0 spiro atoms. The third kappa shape index (κ3) is 1.89. The Hall–Kier alpha value is -0.875. The van der Waals surface area contributed by atoms with E-state index in [1.54, 1.807) is 13.8 Å². The summed E-state index contributed by atoms with van der Waals surface area (Å²) in [5, 5.41) is 21.9. The van der Waals surface area contributed by atoms with Gasteiger partial charge >= 0.3 is 7.12 Å². The van der Waals surface area contributed by atoms with Crippen molar-refractivity contribution in [1.29, 1.82) is 0 Å². The number of aromatic nitrogens is 2. The van der Waals surface area contributed by atoms with E-state index in [0.29, 0.717) is 16.9 Å². The molecule has 6 heteroatoms. The number of alkyl halides is 1. The standard InChI is InChI=1S/C7H12BFN2O2/c1-5-7(8(12)13)6(2)11(10-5)4-3-9/h12-13H,3-4H2,1-2H3. The lowest BCUT2D eigenvalue weighted by Crippen LogP contribution is -2.33. The molecule has 0 saturated heterocycles. The van der Waals surface area contributed by atoms with E-state index in [-0.39, 0.29) is 6.54 Å². The monoisotopic (exact) mass is 186 g/mol. The number of nitrogens with zero attached hydrogens (tertiary/aromatic N) is 2. The number of halogens is 1. The minimum Gasteiger partial charge on any atom is -0.423 e. The van der Waals surface area contributed by atoms with Gasteiger partial charge in [-0.05, 0) is 13.8 Å². The molecule has 0 aliphatic heterocycles. The Labute approximate surface area is 76.1 Å². The summed E-state index contributed by atoms with van der Waals surface area (Å²) in [6.45, 7) is 2.99. The minimum absolute atomic E-state index is 0.152.